The lowest BCUT2D eigenvalue weighted by Crippen LogP contribution is -2.12. The molecule has 0 N–H and O–H groups in total. The number of allylic oxidation sites excluding steroid dienone is 3. The van der Waals surface area contributed by atoms with Gasteiger partial charge in [0.2, 0.25) is 5.82 Å². The zero-order valence-electron chi connectivity index (χ0n) is 15.3. The van der Waals surface area contributed by atoms with Crippen molar-refractivity contribution in [3.05, 3.63) is 54.1 Å². The summed E-state index contributed by atoms with van der Waals surface area (Å²) in [5, 5.41) is 0. The number of benzene rings is 1. The number of hydrogen-bond donors (Lipinski definition) is 0. The van der Waals surface area contributed by atoms with E-state index in [4.69, 9.17) is 4.74 Å². The van der Waals surface area contributed by atoms with Crippen molar-refractivity contribution in [2.75, 3.05) is 6.61 Å². The van der Waals surface area contributed by atoms with Gasteiger partial charge in [-0.1, -0.05) is 24.3 Å². The van der Waals surface area contributed by atoms with Crippen molar-refractivity contribution in [3.63, 3.8) is 0 Å². The van der Waals surface area contributed by atoms with Crippen molar-refractivity contribution in [1.82, 2.24) is 0 Å². The molecule has 0 spiro atoms. The van der Waals surface area contributed by atoms with Crippen LogP contribution in [0.3, 0.4) is 0 Å². The predicted molar refractivity (Wildman–Crippen MR) is 99.9 cm³/mol. The van der Waals surface area contributed by atoms with Gasteiger partial charge in [0.1, 0.15) is 0 Å². The van der Waals surface area contributed by atoms with Crippen LogP contribution in [-0.4, -0.2) is 6.61 Å². The van der Waals surface area contributed by atoms with Crippen molar-refractivity contribution in [1.29, 1.82) is 0 Å². The van der Waals surface area contributed by atoms with E-state index in [9.17, 15) is 8.78 Å². The first-order valence-electron chi connectivity index (χ1n) is 9.52. The predicted octanol–water partition coefficient (Wildman–Crippen LogP) is 6.62. The van der Waals surface area contributed by atoms with Crippen molar-refractivity contribution >= 4 is 0 Å². The third-order valence-corrected chi connectivity index (χ3v) is 5.09. The quantitative estimate of drug-likeness (QED) is 0.455. The molecule has 1 aromatic carbocycles. The highest BCUT2D eigenvalue weighted by atomic mass is 19.2. The van der Waals surface area contributed by atoms with Gasteiger partial charge in [-0.25, -0.2) is 4.39 Å². The van der Waals surface area contributed by atoms with Crippen LogP contribution in [0.2, 0.25) is 0 Å². The van der Waals surface area contributed by atoms with E-state index in [2.05, 4.69) is 18.7 Å². The van der Waals surface area contributed by atoms with Crippen molar-refractivity contribution in [3.8, 4) is 5.75 Å². The second kappa shape index (κ2) is 10.4. The Bertz CT molecular complexity index is 572. The number of ether oxygens (including phenoxy) is 1. The molecule has 0 amide bonds. The molecular formula is C22H30F2O. The molecule has 0 aliphatic heterocycles. The Hall–Kier alpha value is -1.64. The number of rotatable bonds is 9. The minimum Gasteiger partial charge on any atom is -0.491 e. The largest absolute Gasteiger partial charge is 0.491 e. The fraction of sp³-hybridized carbons (Fsp3) is 0.545. The zero-order chi connectivity index (χ0) is 18.1. The molecule has 3 heteroatoms. The molecule has 0 bridgehead atoms. The average Bonchev–Trinajstić information content (AvgIpc) is 2.63. The van der Waals surface area contributed by atoms with Crippen molar-refractivity contribution < 1.29 is 13.5 Å². The zero-order valence-corrected chi connectivity index (χ0v) is 15.3. The molecule has 25 heavy (non-hydrogen) atoms. The summed E-state index contributed by atoms with van der Waals surface area (Å²) < 4.78 is 33.0. The Balaban J connectivity index is 1.76. The van der Waals surface area contributed by atoms with Gasteiger partial charge in [-0.05, 0) is 81.8 Å². The third kappa shape index (κ3) is 5.98. The van der Waals surface area contributed by atoms with Crippen molar-refractivity contribution in [2.24, 2.45) is 11.8 Å². The molecule has 1 aliphatic carbocycles. The summed E-state index contributed by atoms with van der Waals surface area (Å²) in [5.41, 5.74) is 0.415. The molecule has 0 radical (unpaired) electrons. The molecule has 0 aromatic heterocycles. The molecule has 1 aromatic rings. The minimum absolute atomic E-state index is 0.00694. The maximum absolute atomic E-state index is 14.0. The highest BCUT2D eigenvalue weighted by Gasteiger charge is 2.18. The number of aryl methyl sites for hydroxylation is 1. The molecule has 1 nitrogen and oxygen atoms in total. The van der Waals surface area contributed by atoms with Crippen LogP contribution < -0.4 is 4.74 Å². The standard InChI is InChI=1S/C22H30F2O/c1-3-5-8-17-11-13-18(14-12-17)9-6-7-10-19-15-16-20(25-4-2)22(24)21(19)23/h3,6,9,15-18H,1,4-5,7-8,10-14H2,2H3/b9-6+. The van der Waals surface area contributed by atoms with Gasteiger partial charge in [0, 0.05) is 0 Å². The molecule has 2 rings (SSSR count). The maximum atomic E-state index is 14.0. The maximum Gasteiger partial charge on any atom is 0.200 e. The van der Waals surface area contributed by atoms with Gasteiger partial charge in [0.05, 0.1) is 6.61 Å². The van der Waals surface area contributed by atoms with Crippen LogP contribution in [0.4, 0.5) is 8.78 Å². The monoisotopic (exact) mass is 348 g/mol. The molecule has 0 saturated heterocycles. The van der Waals surface area contributed by atoms with Crippen LogP contribution >= 0.6 is 0 Å². The first-order valence-corrected chi connectivity index (χ1v) is 9.52. The molecule has 0 unspecified atom stereocenters. The average molecular weight is 348 g/mol. The smallest absolute Gasteiger partial charge is 0.200 e. The molecule has 1 saturated carbocycles. The van der Waals surface area contributed by atoms with E-state index in [1.54, 1.807) is 13.0 Å². The van der Waals surface area contributed by atoms with E-state index in [-0.39, 0.29) is 5.75 Å². The highest BCUT2D eigenvalue weighted by molar-refractivity contribution is 5.31. The first-order chi connectivity index (χ1) is 12.2. The fourth-order valence-corrected chi connectivity index (χ4v) is 3.58. The first kappa shape index (κ1) is 19.7. The van der Waals surface area contributed by atoms with E-state index < -0.39 is 11.6 Å². The molecular weight excluding hydrogens is 318 g/mol. The summed E-state index contributed by atoms with van der Waals surface area (Å²) in [6.45, 7) is 5.87. The molecule has 0 atom stereocenters. The normalized spacial score (nSPS) is 20.8. The van der Waals surface area contributed by atoms with Gasteiger partial charge in [-0.3, -0.25) is 0 Å². The van der Waals surface area contributed by atoms with E-state index in [1.807, 2.05) is 6.08 Å². The van der Waals surface area contributed by atoms with Crippen molar-refractivity contribution in [2.45, 2.75) is 58.3 Å². The molecule has 1 fully saturated rings. The summed E-state index contributed by atoms with van der Waals surface area (Å²) in [6.07, 6.45) is 15.1. The lowest BCUT2D eigenvalue weighted by atomic mass is 9.80. The van der Waals surface area contributed by atoms with Crippen LogP contribution in [0.25, 0.3) is 0 Å². The lowest BCUT2D eigenvalue weighted by Gasteiger charge is -2.26. The Labute approximate surface area is 150 Å². The Morgan fingerprint density at radius 1 is 1.12 bits per heavy atom. The SMILES string of the molecule is C=CCCC1CCC(/C=C/CCc2ccc(OCC)c(F)c2F)CC1. The summed E-state index contributed by atoms with van der Waals surface area (Å²) in [6, 6.07) is 3.15. The topological polar surface area (TPSA) is 9.23 Å². The summed E-state index contributed by atoms with van der Waals surface area (Å²) in [5.74, 6) is -0.166. The Morgan fingerprint density at radius 3 is 2.56 bits per heavy atom. The van der Waals surface area contributed by atoms with Gasteiger partial charge >= 0.3 is 0 Å². The molecule has 0 heterocycles. The minimum atomic E-state index is -0.874. The Morgan fingerprint density at radius 2 is 1.88 bits per heavy atom. The van der Waals surface area contributed by atoms with Crippen LogP contribution in [0.5, 0.6) is 5.75 Å². The number of hydrogen-bond acceptors (Lipinski definition) is 1. The lowest BCUT2D eigenvalue weighted by molar-refractivity contribution is 0.297. The van der Waals surface area contributed by atoms with Crippen LogP contribution in [0.15, 0.2) is 36.9 Å². The van der Waals surface area contributed by atoms with Gasteiger partial charge in [-0.15, -0.1) is 6.58 Å². The third-order valence-electron chi connectivity index (χ3n) is 5.09. The summed E-state index contributed by atoms with van der Waals surface area (Å²) in [7, 11) is 0. The van der Waals surface area contributed by atoms with Crippen LogP contribution in [0, 0.1) is 23.5 Å². The second-order valence-corrected chi connectivity index (χ2v) is 6.90. The van der Waals surface area contributed by atoms with E-state index >= 15 is 0 Å². The summed E-state index contributed by atoms with van der Waals surface area (Å²) >= 11 is 0. The molecule has 138 valence electrons. The van der Waals surface area contributed by atoms with Gasteiger partial charge in [0.15, 0.2) is 11.6 Å². The van der Waals surface area contributed by atoms with Crippen LogP contribution in [-0.2, 0) is 6.42 Å². The van der Waals surface area contributed by atoms with Gasteiger partial charge in [0.25, 0.3) is 0 Å². The summed E-state index contributed by atoms with van der Waals surface area (Å²) in [4.78, 5) is 0. The fourth-order valence-electron chi connectivity index (χ4n) is 3.58. The highest BCUT2D eigenvalue weighted by Crippen LogP contribution is 2.32. The van der Waals surface area contributed by atoms with E-state index in [0.717, 1.165) is 18.8 Å². The van der Waals surface area contributed by atoms with Gasteiger partial charge < -0.3 is 4.74 Å². The Kier molecular flexibility index (Phi) is 8.17. The number of halogens is 2. The molecule has 1 aliphatic rings. The van der Waals surface area contributed by atoms with E-state index in [0.29, 0.717) is 24.5 Å². The van der Waals surface area contributed by atoms with Gasteiger partial charge in [-0.2, -0.15) is 4.39 Å². The van der Waals surface area contributed by atoms with Crippen LogP contribution in [0.1, 0.15) is 57.4 Å². The van der Waals surface area contributed by atoms with E-state index in [1.165, 1.54) is 38.2 Å². The second-order valence-electron chi connectivity index (χ2n) is 6.90.